The number of fused-ring (bicyclic) bond motifs is 2. The molecule has 1 saturated heterocycles. The largest absolute Gasteiger partial charge is 0.378 e. The summed E-state index contributed by atoms with van der Waals surface area (Å²) in [5.41, 5.74) is 3.55. The van der Waals surface area contributed by atoms with Crippen molar-refractivity contribution < 1.29 is 13.9 Å². The Balaban J connectivity index is 1.47. The molecule has 0 bridgehead atoms. The number of hydrogen-bond acceptors (Lipinski definition) is 7. The van der Waals surface area contributed by atoms with Crippen molar-refractivity contribution in [2.24, 2.45) is 0 Å². The van der Waals surface area contributed by atoms with Crippen LogP contribution in [0.25, 0.3) is 16.7 Å². The van der Waals surface area contributed by atoms with E-state index in [1.807, 2.05) is 6.07 Å². The first kappa shape index (κ1) is 22.2. The highest BCUT2D eigenvalue weighted by Crippen LogP contribution is 2.29. The quantitative estimate of drug-likeness (QED) is 0.470. The molecule has 0 aliphatic carbocycles. The summed E-state index contributed by atoms with van der Waals surface area (Å²) in [5.74, 6) is -0.933. The number of hydrogen-bond donors (Lipinski definition) is 2. The molecule has 5 rings (SSSR count). The minimum atomic E-state index is -0.540. The minimum absolute atomic E-state index is 0.171. The van der Waals surface area contributed by atoms with Crippen molar-refractivity contribution in [2.45, 2.75) is 32.5 Å². The monoisotopic (exact) mass is 463 g/mol. The van der Waals surface area contributed by atoms with Crippen LogP contribution in [0.15, 0.2) is 43.0 Å². The van der Waals surface area contributed by atoms with Gasteiger partial charge < -0.3 is 24.7 Å². The molecule has 4 aromatic rings. The van der Waals surface area contributed by atoms with Crippen LogP contribution in [0.3, 0.4) is 0 Å². The Morgan fingerprint density at radius 2 is 1.91 bits per heavy atom. The summed E-state index contributed by atoms with van der Waals surface area (Å²) in [4.78, 5) is 28.7. The van der Waals surface area contributed by atoms with Crippen LogP contribution in [-0.4, -0.2) is 57.5 Å². The average Bonchev–Trinajstić information content (AvgIpc) is 3.21. The maximum Gasteiger partial charge on any atom is 0.257 e. The topological polar surface area (TPSA) is 96.7 Å². The van der Waals surface area contributed by atoms with Gasteiger partial charge in [-0.25, -0.2) is 9.37 Å². The molecule has 0 radical (unpaired) electrons. The molecule has 9 nitrogen and oxygen atoms in total. The van der Waals surface area contributed by atoms with Crippen LogP contribution in [0.1, 0.15) is 29.9 Å². The van der Waals surface area contributed by atoms with Crippen molar-refractivity contribution in [1.29, 1.82) is 0 Å². The molecule has 0 spiro atoms. The number of aromatic nitrogens is 4. The van der Waals surface area contributed by atoms with E-state index in [-0.39, 0.29) is 12.3 Å². The van der Waals surface area contributed by atoms with Crippen molar-refractivity contribution in [3.63, 3.8) is 0 Å². The van der Waals surface area contributed by atoms with Gasteiger partial charge in [0.15, 0.2) is 11.5 Å². The maximum atomic E-state index is 14.6. The first-order chi connectivity index (χ1) is 16.4. The van der Waals surface area contributed by atoms with Crippen LogP contribution in [0.5, 0.6) is 0 Å². The lowest BCUT2D eigenvalue weighted by molar-refractivity contribution is 0.102. The normalized spacial score (nSPS) is 18.5. The Morgan fingerprint density at radius 3 is 2.65 bits per heavy atom. The standard InChI is InChI=1S/C24H26FN7O2/c1-14-9-31(10-15(2)28-14)20-5-4-18(21-22(20)27-7-6-26-21)24(33)30-16-8-19(25)23-29-17(13-34-3)12-32(23)11-16/h4-8,11-12,14-15,28H,9-10,13H2,1-3H3,(H,30,33)/t14-,15+. The van der Waals surface area contributed by atoms with Gasteiger partial charge in [-0.05, 0) is 26.0 Å². The fraction of sp³-hybridized carbons (Fsp3) is 0.333. The fourth-order valence-corrected chi connectivity index (χ4v) is 4.60. The molecule has 3 aromatic heterocycles. The van der Waals surface area contributed by atoms with Crippen molar-refractivity contribution in [1.82, 2.24) is 24.7 Å². The van der Waals surface area contributed by atoms with Gasteiger partial charge >= 0.3 is 0 Å². The van der Waals surface area contributed by atoms with E-state index in [9.17, 15) is 9.18 Å². The number of nitrogens with zero attached hydrogens (tertiary/aromatic N) is 5. The SMILES string of the molecule is COCc1cn2cc(NC(=O)c3ccc(N4C[C@@H](C)N[C@@H](C)C4)c4nccnc34)cc(F)c2n1. The Morgan fingerprint density at radius 1 is 1.18 bits per heavy atom. The van der Waals surface area contributed by atoms with E-state index in [0.29, 0.717) is 40.1 Å². The lowest BCUT2D eigenvalue weighted by Crippen LogP contribution is -2.54. The predicted octanol–water partition coefficient (Wildman–Crippen LogP) is 3.00. The van der Waals surface area contributed by atoms with Crippen molar-refractivity contribution in [2.75, 3.05) is 30.4 Å². The van der Waals surface area contributed by atoms with E-state index in [1.54, 1.807) is 38.0 Å². The first-order valence-electron chi connectivity index (χ1n) is 11.1. The van der Waals surface area contributed by atoms with E-state index < -0.39 is 11.7 Å². The highest BCUT2D eigenvalue weighted by Gasteiger charge is 2.24. The van der Waals surface area contributed by atoms with Crippen molar-refractivity contribution >= 4 is 34.0 Å². The number of methoxy groups -OCH3 is 1. The number of rotatable bonds is 5. The van der Waals surface area contributed by atoms with Gasteiger partial charge in [0.25, 0.3) is 5.91 Å². The van der Waals surface area contributed by atoms with Crippen molar-refractivity contribution in [3.8, 4) is 0 Å². The third-order valence-corrected chi connectivity index (χ3v) is 5.85. The zero-order chi connectivity index (χ0) is 23.8. The minimum Gasteiger partial charge on any atom is -0.378 e. The number of anilines is 2. The van der Waals surface area contributed by atoms with Gasteiger partial charge in [-0.1, -0.05) is 0 Å². The number of carbonyl (C=O) groups excluding carboxylic acids is 1. The Kier molecular flexibility index (Phi) is 5.84. The van der Waals surface area contributed by atoms with Crippen LogP contribution in [0.2, 0.25) is 0 Å². The number of piperazine rings is 1. The van der Waals surface area contributed by atoms with Gasteiger partial charge in [0, 0.05) is 63.1 Å². The molecule has 176 valence electrons. The molecular formula is C24H26FN7O2. The second-order valence-electron chi connectivity index (χ2n) is 8.69. The predicted molar refractivity (Wildman–Crippen MR) is 128 cm³/mol. The van der Waals surface area contributed by atoms with Crippen LogP contribution >= 0.6 is 0 Å². The van der Waals surface area contributed by atoms with Gasteiger partial charge in [0.2, 0.25) is 0 Å². The Labute approximate surface area is 196 Å². The van der Waals surface area contributed by atoms with E-state index in [1.165, 1.54) is 10.5 Å². The second-order valence-corrected chi connectivity index (χ2v) is 8.69. The molecule has 0 saturated carbocycles. The molecule has 0 unspecified atom stereocenters. The number of pyridine rings is 1. The maximum absolute atomic E-state index is 14.6. The summed E-state index contributed by atoms with van der Waals surface area (Å²) in [6.45, 7) is 6.22. The molecule has 2 atom stereocenters. The Bertz CT molecular complexity index is 1360. The van der Waals surface area contributed by atoms with E-state index in [0.717, 1.165) is 18.8 Å². The number of ether oxygens (including phenoxy) is 1. The first-order valence-corrected chi connectivity index (χ1v) is 11.1. The molecule has 2 N–H and O–H groups in total. The zero-order valence-electron chi connectivity index (χ0n) is 19.2. The number of carbonyl (C=O) groups is 1. The number of amides is 1. The molecule has 1 fully saturated rings. The van der Waals surface area contributed by atoms with Gasteiger partial charge in [-0.2, -0.15) is 0 Å². The van der Waals surface area contributed by atoms with Gasteiger partial charge in [0.1, 0.15) is 11.0 Å². The summed E-state index contributed by atoms with van der Waals surface area (Å²) >= 11 is 0. The van der Waals surface area contributed by atoms with E-state index in [2.05, 4.69) is 44.3 Å². The van der Waals surface area contributed by atoms with Crippen LogP contribution in [-0.2, 0) is 11.3 Å². The smallest absolute Gasteiger partial charge is 0.257 e. The van der Waals surface area contributed by atoms with Gasteiger partial charge in [0.05, 0.1) is 29.2 Å². The number of nitrogens with one attached hydrogen (secondary N) is 2. The van der Waals surface area contributed by atoms with E-state index >= 15 is 0 Å². The molecule has 1 aliphatic rings. The lowest BCUT2D eigenvalue weighted by Gasteiger charge is -2.38. The van der Waals surface area contributed by atoms with Gasteiger partial charge in [-0.3, -0.25) is 14.8 Å². The number of imidazole rings is 1. The third kappa shape index (κ3) is 4.17. The highest BCUT2D eigenvalue weighted by molar-refractivity contribution is 6.13. The summed E-state index contributed by atoms with van der Waals surface area (Å²) in [5, 5.41) is 6.31. The highest BCUT2D eigenvalue weighted by atomic mass is 19.1. The molecule has 1 aromatic carbocycles. The van der Waals surface area contributed by atoms with E-state index in [4.69, 9.17) is 4.74 Å². The summed E-state index contributed by atoms with van der Waals surface area (Å²) < 4.78 is 21.2. The summed E-state index contributed by atoms with van der Waals surface area (Å²) in [6, 6.07) is 5.57. The van der Waals surface area contributed by atoms with Crippen LogP contribution in [0, 0.1) is 5.82 Å². The summed E-state index contributed by atoms with van der Waals surface area (Å²) in [6.07, 6.45) is 6.49. The summed E-state index contributed by atoms with van der Waals surface area (Å²) in [7, 11) is 1.55. The molecular weight excluding hydrogens is 437 g/mol. The number of benzene rings is 1. The Hall–Kier alpha value is -3.63. The fourth-order valence-electron chi connectivity index (χ4n) is 4.60. The van der Waals surface area contributed by atoms with Crippen LogP contribution < -0.4 is 15.5 Å². The zero-order valence-corrected chi connectivity index (χ0v) is 19.2. The molecule has 1 amide bonds. The third-order valence-electron chi connectivity index (χ3n) is 5.85. The molecule has 1 aliphatic heterocycles. The van der Waals surface area contributed by atoms with Crippen molar-refractivity contribution in [3.05, 3.63) is 60.1 Å². The van der Waals surface area contributed by atoms with Crippen LogP contribution in [0.4, 0.5) is 15.8 Å². The number of halogens is 1. The molecule has 10 heteroatoms. The molecule has 4 heterocycles. The lowest BCUT2D eigenvalue weighted by atomic mass is 10.1. The second kappa shape index (κ2) is 8.96. The van der Waals surface area contributed by atoms with Gasteiger partial charge in [-0.15, -0.1) is 0 Å². The molecule has 34 heavy (non-hydrogen) atoms. The average molecular weight is 464 g/mol.